The van der Waals surface area contributed by atoms with Crippen LogP contribution in [-0.2, 0) is 7.05 Å². The molecule has 3 N–H and O–H groups in total. The second-order valence-electron chi connectivity index (χ2n) is 4.04. The monoisotopic (exact) mass is 257 g/mol. The summed E-state index contributed by atoms with van der Waals surface area (Å²) in [4.78, 5) is 4.26. The molecule has 3 rings (SSSR count). The zero-order valence-corrected chi connectivity index (χ0v) is 10.1. The fraction of sp³-hybridized carbons (Fsp3) is 0.0833. The number of nitrogen functional groups attached to an aromatic ring is 1. The van der Waals surface area contributed by atoms with Gasteiger partial charge in [0.15, 0.2) is 0 Å². The van der Waals surface area contributed by atoms with E-state index in [2.05, 4.69) is 15.2 Å². The summed E-state index contributed by atoms with van der Waals surface area (Å²) in [6.45, 7) is 0. The van der Waals surface area contributed by atoms with Gasteiger partial charge in [0.2, 0.25) is 5.82 Å². The molecule has 19 heavy (non-hydrogen) atoms. The summed E-state index contributed by atoms with van der Waals surface area (Å²) in [7, 11) is 1.73. The highest BCUT2D eigenvalue weighted by molar-refractivity contribution is 5.68. The Morgan fingerprint density at radius 3 is 2.63 bits per heavy atom. The first kappa shape index (κ1) is 11.3. The fourth-order valence-electron chi connectivity index (χ4n) is 1.67. The summed E-state index contributed by atoms with van der Waals surface area (Å²) in [6, 6.07) is 6.53. The average molecular weight is 257 g/mol. The number of anilines is 1. The topological polar surface area (TPSA) is 103 Å². The van der Waals surface area contributed by atoms with Gasteiger partial charge >= 0.3 is 0 Å². The van der Waals surface area contributed by atoms with Crippen molar-refractivity contribution in [3.8, 4) is 28.6 Å². The highest BCUT2D eigenvalue weighted by Crippen LogP contribution is 2.26. The molecule has 2 heterocycles. The van der Waals surface area contributed by atoms with Gasteiger partial charge in [-0.25, -0.2) is 0 Å². The number of phenolic OH excluding ortho intramolecular Hbond substituents is 1. The summed E-state index contributed by atoms with van der Waals surface area (Å²) >= 11 is 0. The quantitative estimate of drug-likeness (QED) is 0.719. The standard InChI is InChI=1S/C12H11N5O2/c1-17-10(13)9(6-14-17)12-15-11(16-19-12)7-2-4-8(18)5-3-7/h2-6,18H,13H2,1H3. The summed E-state index contributed by atoms with van der Waals surface area (Å²) in [5.74, 6) is 1.39. The second-order valence-corrected chi connectivity index (χ2v) is 4.04. The van der Waals surface area contributed by atoms with Crippen molar-refractivity contribution in [3.63, 3.8) is 0 Å². The Balaban J connectivity index is 2.00. The van der Waals surface area contributed by atoms with Crippen molar-refractivity contribution in [2.24, 2.45) is 7.05 Å². The Morgan fingerprint density at radius 1 is 1.26 bits per heavy atom. The third-order valence-corrected chi connectivity index (χ3v) is 2.77. The molecule has 0 saturated carbocycles. The van der Waals surface area contributed by atoms with Crippen LogP contribution in [0.4, 0.5) is 5.82 Å². The van der Waals surface area contributed by atoms with Crippen molar-refractivity contribution >= 4 is 5.82 Å². The van der Waals surface area contributed by atoms with Crippen molar-refractivity contribution in [1.82, 2.24) is 19.9 Å². The molecule has 3 aromatic rings. The molecule has 0 fully saturated rings. The lowest BCUT2D eigenvalue weighted by Crippen LogP contribution is -1.98. The minimum absolute atomic E-state index is 0.184. The summed E-state index contributed by atoms with van der Waals surface area (Å²) in [6.07, 6.45) is 1.57. The number of rotatable bonds is 2. The third-order valence-electron chi connectivity index (χ3n) is 2.77. The van der Waals surface area contributed by atoms with Crippen LogP contribution in [0, 0.1) is 0 Å². The molecule has 0 atom stereocenters. The van der Waals surface area contributed by atoms with Gasteiger partial charge < -0.3 is 15.4 Å². The number of benzene rings is 1. The maximum absolute atomic E-state index is 9.23. The van der Waals surface area contributed by atoms with E-state index in [1.54, 1.807) is 37.5 Å². The SMILES string of the molecule is Cn1ncc(-c2nc(-c3ccc(O)cc3)no2)c1N. The molecule has 0 aliphatic carbocycles. The van der Waals surface area contributed by atoms with Gasteiger partial charge in [-0.15, -0.1) is 0 Å². The van der Waals surface area contributed by atoms with E-state index < -0.39 is 0 Å². The fourth-order valence-corrected chi connectivity index (χ4v) is 1.67. The molecule has 2 aromatic heterocycles. The van der Waals surface area contributed by atoms with Gasteiger partial charge in [0.05, 0.1) is 6.20 Å². The lowest BCUT2D eigenvalue weighted by atomic mass is 10.2. The first-order chi connectivity index (χ1) is 9.15. The summed E-state index contributed by atoms with van der Waals surface area (Å²) in [5, 5.41) is 17.1. The van der Waals surface area contributed by atoms with Crippen LogP contribution in [0.3, 0.4) is 0 Å². The van der Waals surface area contributed by atoms with Crippen LogP contribution in [0.15, 0.2) is 35.0 Å². The van der Waals surface area contributed by atoms with Crippen LogP contribution >= 0.6 is 0 Å². The molecule has 0 bridgehead atoms. The Labute approximate surface area is 108 Å². The number of hydrogen-bond acceptors (Lipinski definition) is 6. The van der Waals surface area contributed by atoms with Gasteiger partial charge in [-0.2, -0.15) is 10.1 Å². The molecule has 7 nitrogen and oxygen atoms in total. The second kappa shape index (κ2) is 4.13. The Hall–Kier alpha value is -2.83. The lowest BCUT2D eigenvalue weighted by Gasteiger charge is -1.94. The molecule has 0 radical (unpaired) electrons. The van der Waals surface area contributed by atoms with E-state index in [-0.39, 0.29) is 5.75 Å². The molecule has 0 aliphatic heterocycles. The van der Waals surface area contributed by atoms with E-state index in [1.165, 1.54) is 4.68 Å². The molecule has 0 aliphatic rings. The van der Waals surface area contributed by atoms with Crippen molar-refractivity contribution in [2.45, 2.75) is 0 Å². The van der Waals surface area contributed by atoms with Crippen molar-refractivity contribution < 1.29 is 9.63 Å². The Kier molecular flexibility index (Phi) is 2.45. The van der Waals surface area contributed by atoms with Crippen LogP contribution in [0.25, 0.3) is 22.8 Å². The molecule has 0 unspecified atom stereocenters. The first-order valence-corrected chi connectivity index (χ1v) is 5.56. The summed E-state index contributed by atoms with van der Waals surface area (Å²) in [5.41, 5.74) is 7.18. The molecule has 0 amide bonds. The predicted molar refractivity (Wildman–Crippen MR) is 68.0 cm³/mol. The van der Waals surface area contributed by atoms with E-state index in [0.29, 0.717) is 23.1 Å². The zero-order chi connectivity index (χ0) is 13.4. The Morgan fingerprint density at radius 2 is 2.00 bits per heavy atom. The van der Waals surface area contributed by atoms with Gasteiger partial charge in [-0.05, 0) is 24.3 Å². The van der Waals surface area contributed by atoms with Crippen molar-refractivity contribution in [1.29, 1.82) is 0 Å². The van der Waals surface area contributed by atoms with E-state index in [1.807, 2.05) is 0 Å². The highest BCUT2D eigenvalue weighted by atomic mass is 16.5. The van der Waals surface area contributed by atoms with Crippen LogP contribution in [-0.4, -0.2) is 25.0 Å². The minimum atomic E-state index is 0.184. The van der Waals surface area contributed by atoms with Gasteiger partial charge in [-0.3, -0.25) is 4.68 Å². The molecular formula is C12H11N5O2. The molecule has 1 aromatic carbocycles. The maximum Gasteiger partial charge on any atom is 0.263 e. The van der Waals surface area contributed by atoms with E-state index in [9.17, 15) is 5.11 Å². The minimum Gasteiger partial charge on any atom is -0.508 e. The summed E-state index contributed by atoms with van der Waals surface area (Å²) < 4.78 is 6.70. The predicted octanol–water partition coefficient (Wildman–Crippen LogP) is 1.42. The van der Waals surface area contributed by atoms with Gasteiger partial charge in [0, 0.05) is 12.6 Å². The van der Waals surface area contributed by atoms with Crippen LogP contribution in [0.1, 0.15) is 0 Å². The smallest absolute Gasteiger partial charge is 0.263 e. The molecule has 96 valence electrons. The normalized spacial score (nSPS) is 10.8. The largest absolute Gasteiger partial charge is 0.508 e. The Bertz CT molecular complexity index is 714. The maximum atomic E-state index is 9.23. The molecule has 7 heteroatoms. The van der Waals surface area contributed by atoms with Crippen LogP contribution in [0.2, 0.25) is 0 Å². The van der Waals surface area contributed by atoms with Gasteiger partial charge in [0.25, 0.3) is 5.89 Å². The van der Waals surface area contributed by atoms with Crippen molar-refractivity contribution in [2.75, 3.05) is 5.73 Å². The number of aryl methyl sites for hydroxylation is 1. The number of aromatic nitrogens is 4. The van der Waals surface area contributed by atoms with E-state index in [4.69, 9.17) is 10.3 Å². The van der Waals surface area contributed by atoms with Gasteiger partial charge in [0.1, 0.15) is 17.1 Å². The molecule has 0 saturated heterocycles. The first-order valence-electron chi connectivity index (χ1n) is 5.56. The average Bonchev–Trinajstić information content (AvgIpc) is 2.99. The number of phenols is 1. The van der Waals surface area contributed by atoms with Crippen LogP contribution in [0.5, 0.6) is 5.75 Å². The number of nitrogens with zero attached hydrogens (tertiary/aromatic N) is 4. The van der Waals surface area contributed by atoms with Crippen molar-refractivity contribution in [3.05, 3.63) is 30.5 Å². The zero-order valence-electron chi connectivity index (χ0n) is 10.1. The molecule has 0 spiro atoms. The molecular weight excluding hydrogens is 246 g/mol. The third kappa shape index (κ3) is 1.90. The number of nitrogens with two attached hydrogens (primary N) is 1. The van der Waals surface area contributed by atoms with Crippen LogP contribution < -0.4 is 5.73 Å². The van der Waals surface area contributed by atoms with E-state index >= 15 is 0 Å². The number of hydrogen-bond donors (Lipinski definition) is 2. The lowest BCUT2D eigenvalue weighted by molar-refractivity contribution is 0.432. The van der Waals surface area contributed by atoms with Gasteiger partial charge in [-0.1, -0.05) is 5.16 Å². The number of aromatic hydroxyl groups is 1. The highest BCUT2D eigenvalue weighted by Gasteiger charge is 2.15. The van der Waals surface area contributed by atoms with E-state index in [0.717, 1.165) is 5.56 Å².